The van der Waals surface area contributed by atoms with Crippen LogP contribution in [0.5, 0.6) is 0 Å². The quantitative estimate of drug-likeness (QED) is 0.447. The number of hydrogen-bond acceptors (Lipinski definition) is 5. The normalized spacial score (nSPS) is 18.3. The van der Waals surface area contributed by atoms with E-state index in [1.807, 2.05) is 38.2 Å². The maximum atomic E-state index is 6.10. The third-order valence-electron chi connectivity index (χ3n) is 4.81. The highest BCUT2D eigenvalue weighted by molar-refractivity contribution is 14.1. The van der Waals surface area contributed by atoms with Crippen molar-refractivity contribution in [2.24, 2.45) is 0 Å². The van der Waals surface area contributed by atoms with Crippen LogP contribution < -0.4 is 0 Å². The standard InChI is InChI=1S/C21H24IN3O3/c1-14-12-25(21(23-14)15(2)27-20-5-3-4-10-26-20)13-18-11-19(28-24-18)16-6-8-17(22)9-7-16/h6-9,11-12,15,20H,3-5,10,13H2,1-2H3/t15-,20?/m0/s1. The molecule has 7 heteroatoms. The lowest BCUT2D eigenvalue weighted by Crippen LogP contribution is -2.24. The maximum Gasteiger partial charge on any atom is 0.167 e. The Hall–Kier alpha value is -1.71. The molecular formula is C21H24IN3O3. The summed E-state index contributed by atoms with van der Waals surface area (Å²) >= 11 is 2.29. The van der Waals surface area contributed by atoms with E-state index in [1.165, 1.54) is 3.57 Å². The Morgan fingerprint density at radius 1 is 1.29 bits per heavy atom. The molecule has 4 rings (SSSR count). The van der Waals surface area contributed by atoms with E-state index < -0.39 is 0 Å². The van der Waals surface area contributed by atoms with Crippen LogP contribution >= 0.6 is 22.6 Å². The van der Waals surface area contributed by atoms with Crippen molar-refractivity contribution >= 4 is 22.6 Å². The van der Waals surface area contributed by atoms with Gasteiger partial charge in [-0.25, -0.2) is 4.98 Å². The number of halogens is 1. The Balaban J connectivity index is 1.48. The molecule has 1 unspecified atom stereocenters. The highest BCUT2D eigenvalue weighted by atomic mass is 127. The van der Waals surface area contributed by atoms with Gasteiger partial charge in [0.1, 0.15) is 17.6 Å². The Bertz CT molecular complexity index is 913. The fraction of sp³-hybridized carbons (Fsp3) is 0.429. The smallest absolute Gasteiger partial charge is 0.167 e. The Morgan fingerprint density at radius 2 is 2.11 bits per heavy atom. The minimum atomic E-state index is -0.153. The largest absolute Gasteiger partial charge is 0.356 e. The molecule has 0 radical (unpaired) electrons. The summed E-state index contributed by atoms with van der Waals surface area (Å²) in [5, 5.41) is 4.24. The van der Waals surface area contributed by atoms with Gasteiger partial charge in [0, 0.05) is 28.0 Å². The summed E-state index contributed by atoms with van der Waals surface area (Å²) in [5.41, 5.74) is 2.83. The van der Waals surface area contributed by atoms with E-state index in [9.17, 15) is 0 Å². The maximum absolute atomic E-state index is 6.10. The molecule has 2 atom stereocenters. The predicted octanol–water partition coefficient (Wildman–Crippen LogP) is 5.10. The van der Waals surface area contributed by atoms with Crippen LogP contribution in [-0.2, 0) is 16.0 Å². The van der Waals surface area contributed by atoms with E-state index in [0.717, 1.165) is 54.4 Å². The van der Waals surface area contributed by atoms with Gasteiger partial charge < -0.3 is 18.6 Å². The van der Waals surface area contributed by atoms with Gasteiger partial charge in [-0.3, -0.25) is 0 Å². The van der Waals surface area contributed by atoms with Crippen LogP contribution in [-0.4, -0.2) is 27.6 Å². The predicted molar refractivity (Wildman–Crippen MR) is 114 cm³/mol. The summed E-state index contributed by atoms with van der Waals surface area (Å²) in [5.74, 6) is 1.65. The topological polar surface area (TPSA) is 62.3 Å². The first-order chi connectivity index (χ1) is 13.6. The van der Waals surface area contributed by atoms with Gasteiger partial charge >= 0.3 is 0 Å². The molecule has 1 fully saturated rings. The molecule has 0 aliphatic carbocycles. The van der Waals surface area contributed by atoms with Crippen molar-refractivity contribution in [2.45, 2.75) is 52.0 Å². The zero-order valence-corrected chi connectivity index (χ0v) is 18.3. The second-order valence-corrected chi connectivity index (χ2v) is 8.38. The van der Waals surface area contributed by atoms with Crippen LogP contribution in [0.25, 0.3) is 11.3 Å². The fourth-order valence-electron chi connectivity index (χ4n) is 3.43. The fourth-order valence-corrected chi connectivity index (χ4v) is 3.79. The molecule has 1 aliphatic rings. The van der Waals surface area contributed by atoms with Gasteiger partial charge in [0.2, 0.25) is 0 Å². The number of hydrogen-bond donors (Lipinski definition) is 0. The lowest BCUT2D eigenvalue weighted by molar-refractivity contribution is -0.188. The van der Waals surface area contributed by atoms with E-state index in [1.54, 1.807) is 0 Å². The SMILES string of the molecule is Cc1cn(Cc2cc(-c3ccc(I)cc3)on2)c([C@H](C)OC2CCCCO2)n1. The Morgan fingerprint density at radius 3 is 2.86 bits per heavy atom. The second kappa shape index (κ2) is 8.75. The summed E-state index contributed by atoms with van der Waals surface area (Å²) in [6, 6.07) is 10.2. The average Bonchev–Trinajstić information content (AvgIpc) is 3.30. The summed E-state index contributed by atoms with van der Waals surface area (Å²) in [6.45, 7) is 5.37. The first-order valence-corrected chi connectivity index (χ1v) is 10.7. The Kier molecular flexibility index (Phi) is 6.13. The lowest BCUT2D eigenvalue weighted by atomic mass is 10.1. The van der Waals surface area contributed by atoms with Gasteiger partial charge in [0.15, 0.2) is 12.1 Å². The van der Waals surface area contributed by atoms with Gasteiger partial charge in [-0.1, -0.05) is 17.3 Å². The van der Waals surface area contributed by atoms with Crippen LogP contribution in [0.1, 0.15) is 49.5 Å². The van der Waals surface area contributed by atoms with Crippen LogP contribution in [0.15, 0.2) is 41.1 Å². The first-order valence-electron chi connectivity index (χ1n) is 9.61. The Labute approximate surface area is 178 Å². The van der Waals surface area contributed by atoms with E-state index >= 15 is 0 Å². The van der Waals surface area contributed by atoms with Crippen molar-refractivity contribution < 1.29 is 14.0 Å². The minimum Gasteiger partial charge on any atom is -0.356 e. The van der Waals surface area contributed by atoms with Gasteiger partial charge in [-0.15, -0.1) is 0 Å². The molecule has 0 bridgehead atoms. The van der Waals surface area contributed by atoms with E-state index in [4.69, 9.17) is 14.0 Å². The molecular weight excluding hydrogens is 469 g/mol. The van der Waals surface area contributed by atoms with Gasteiger partial charge in [0.05, 0.1) is 12.2 Å². The molecule has 0 amide bonds. The molecule has 3 heterocycles. The van der Waals surface area contributed by atoms with Crippen LogP contribution in [0, 0.1) is 10.5 Å². The zero-order valence-electron chi connectivity index (χ0n) is 16.1. The number of ether oxygens (including phenoxy) is 2. The number of nitrogens with zero attached hydrogens (tertiary/aromatic N) is 3. The lowest BCUT2D eigenvalue weighted by Gasteiger charge is -2.26. The number of benzene rings is 1. The van der Waals surface area contributed by atoms with E-state index in [-0.39, 0.29) is 12.4 Å². The minimum absolute atomic E-state index is 0.145. The van der Waals surface area contributed by atoms with Crippen LogP contribution in [0.2, 0.25) is 0 Å². The number of imidazole rings is 1. The number of rotatable bonds is 6. The summed E-state index contributed by atoms with van der Waals surface area (Å²) in [7, 11) is 0. The molecule has 148 valence electrons. The van der Waals surface area contributed by atoms with Crippen molar-refractivity contribution in [3.05, 3.63) is 57.3 Å². The third-order valence-corrected chi connectivity index (χ3v) is 5.52. The summed E-state index contributed by atoms with van der Waals surface area (Å²) < 4.78 is 20.6. The molecule has 2 aromatic heterocycles. The molecule has 0 spiro atoms. The molecule has 6 nitrogen and oxygen atoms in total. The molecule has 1 saturated heterocycles. The van der Waals surface area contributed by atoms with Gasteiger partial charge in [-0.2, -0.15) is 0 Å². The highest BCUT2D eigenvalue weighted by Crippen LogP contribution is 2.25. The van der Waals surface area contributed by atoms with Gasteiger partial charge in [-0.05, 0) is 67.8 Å². The number of aromatic nitrogens is 3. The van der Waals surface area contributed by atoms with Crippen molar-refractivity contribution in [3.8, 4) is 11.3 Å². The monoisotopic (exact) mass is 493 g/mol. The molecule has 1 aromatic carbocycles. The van der Waals surface area contributed by atoms with E-state index in [2.05, 4.69) is 49.4 Å². The molecule has 3 aromatic rings. The number of aryl methyl sites for hydroxylation is 1. The van der Waals surface area contributed by atoms with Crippen LogP contribution in [0.3, 0.4) is 0 Å². The third kappa shape index (κ3) is 4.64. The van der Waals surface area contributed by atoms with Crippen LogP contribution in [0.4, 0.5) is 0 Å². The van der Waals surface area contributed by atoms with Crippen molar-refractivity contribution in [2.75, 3.05) is 6.61 Å². The molecule has 1 aliphatic heterocycles. The van der Waals surface area contributed by atoms with Crippen molar-refractivity contribution in [3.63, 3.8) is 0 Å². The second-order valence-electron chi connectivity index (χ2n) is 7.13. The summed E-state index contributed by atoms with van der Waals surface area (Å²) in [6.07, 6.45) is 4.92. The van der Waals surface area contributed by atoms with Crippen molar-refractivity contribution in [1.82, 2.24) is 14.7 Å². The molecule has 28 heavy (non-hydrogen) atoms. The van der Waals surface area contributed by atoms with E-state index in [0.29, 0.717) is 6.54 Å². The highest BCUT2D eigenvalue weighted by Gasteiger charge is 2.22. The first kappa shape index (κ1) is 19.6. The zero-order chi connectivity index (χ0) is 19.5. The summed E-state index contributed by atoms with van der Waals surface area (Å²) in [4.78, 5) is 4.67. The van der Waals surface area contributed by atoms with Crippen molar-refractivity contribution in [1.29, 1.82) is 0 Å². The van der Waals surface area contributed by atoms with Gasteiger partial charge in [0.25, 0.3) is 0 Å². The molecule has 0 N–H and O–H groups in total. The molecule has 0 saturated carbocycles. The average molecular weight is 493 g/mol.